The van der Waals surface area contributed by atoms with Crippen molar-refractivity contribution in [3.8, 4) is 0 Å². The van der Waals surface area contributed by atoms with Gasteiger partial charge in [-0.1, -0.05) is 92.8 Å². The Morgan fingerprint density at radius 2 is 1.34 bits per heavy atom. The van der Waals surface area contributed by atoms with E-state index in [4.69, 9.17) is 10.5 Å². The van der Waals surface area contributed by atoms with Gasteiger partial charge in [-0.2, -0.15) is 0 Å². The number of unbranched alkanes of at least 4 members (excludes halogenated alkanes) is 1. The summed E-state index contributed by atoms with van der Waals surface area (Å²) in [6.45, 7) is 8.77. The Bertz CT molecular complexity index is 1940. The molecule has 7 unspecified atom stereocenters. The van der Waals surface area contributed by atoms with Crippen LogP contribution in [-0.2, 0) is 36.8 Å². The molecule has 0 spiro atoms. The molecule has 1 heterocycles. The van der Waals surface area contributed by atoms with Crippen molar-refractivity contribution in [1.29, 1.82) is 0 Å². The highest BCUT2D eigenvalue weighted by Gasteiger charge is 2.36. The van der Waals surface area contributed by atoms with Crippen molar-refractivity contribution in [1.82, 2.24) is 31.5 Å². The first-order valence-corrected chi connectivity index (χ1v) is 23.6. The van der Waals surface area contributed by atoms with Gasteiger partial charge in [-0.05, 0) is 83.9 Å². The average Bonchev–Trinajstić information content (AvgIpc) is 3.80. The normalized spacial score (nSPS) is 17.6. The number of carboxylic acid groups (broad SMARTS) is 1. The van der Waals surface area contributed by atoms with Gasteiger partial charge in [-0.3, -0.25) is 19.4 Å². The van der Waals surface area contributed by atoms with E-state index in [-0.39, 0.29) is 38.1 Å². The monoisotopic (exact) mass is 932 g/mol. The zero-order chi connectivity index (χ0) is 48.9. The van der Waals surface area contributed by atoms with Crippen molar-refractivity contribution in [3.05, 3.63) is 71.8 Å². The summed E-state index contributed by atoms with van der Waals surface area (Å²) in [7, 11) is 0. The van der Waals surface area contributed by atoms with Crippen molar-refractivity contribution in [3.63, 3.8) is 0 Å². The van der Waals surface area contributed by atoms with Crippen LogP contribution in [0, 0.1) is 5.92 Å². The number of nitrogens with one attached hydrogen (secondary N) is 5. The molecule has 1 aliphatic carbocycles. The molecule has 7 atom stereocenters. The van der Waals surface area contributed by atoms with Crippen molar-refractivity contribution < 1.29 is 43.7 Å². The minimum atomic E-state index is -1.30. The van der Waals surface area contributed by atoms with Crippen molar-refractivity contribution in [2.75, 3.05) is 13.1 Å². The van der Waals surface area contributed by atoms with Gasteiger partial charge >= 0.3 is 18.1 Å². The lowest BCUT2D eigenvalue weighted by molar-refractivity contribution is -0.142. The molecule has 0 aromatic heterocycles. The number of aliphatic hydroxyl groups excluding tert-OH is 1. The SMILES string of the molecule is CC(C)N(CC(O)C(CC1CCCCC1)NC(=O)C(CC1C=NC=N1)NC(=O)C(Cc1ccccc1)NC(=O)OC(C)(C)C)C(=O)NC(CCCCN)C(=O)NC(Cc1ccccc1)C(=O)O. The first kappa shape index (κ1) is 53.7. The predicted octanol–water partition coefficient (Wildman–Crippen LogP) is 4.02. The molecule has 2 aliphatic rings. The van der Waals surface area contributed by atoms with Crippen LogP contribution in [0.2, 0.25) is 0 Å². The lowest BCUT2D eigenvalue weighted by Gasteiger charge is -2.36. The Kier molecular flexibility index (Phi) is 21.7. The number of amides is 6. The Labute approximate surface area is 394 Å². The summed E-state index contributed by atoms with van der Waals surface area (Å²) in [5.74, 6) is -2.97. The lowest BCUT2D eigenvalue weighted by Crippen LogP contribution is -2.60. The van der Waals surface area contributed by atoms with Gasteiger partial charge in [-0.25, -0.2) is 19.4 Å². The molecule has 0 radical (unpaired) electrons. The zero-order valence-corrected chi connectivity index (χ0v) is 39.7. The lowest BCUT2D eigenvalue weighted by atomic mass is 9.83. The first-order valence-electron chi connectivity index (χ1n) is 23.6. The van der Waals surface area contributed by atoms with E-state index in [1.165, 1.54) is 11.2 Å². The van der Waals surface area contributed by atoms with Crippen LogP contribution < -0.4 is 32.3 Å². The highest BCUT2D eigenvalue weighted by Crippen LogP contribution is 2.28. The summed E-state index contributed by atoms with van der Waals surface area (Å²) >= 11 is 0. The molecule has 1 fully saturated rings. The number of carbonyl (C=O) groups is 6. The summed E-state index contributed by atoms with van der Waals surface area (Å²) in [6.07, 6.45) is 7.45. The summed E-state index contributed by atoms with van der Waals surface area (Å²) in [4.78, 5) is 91.6. The number of nitrogens with zero attached hydrogens (tertiary/aromatic N) is 3. The fourth-order valence-electron chi connectivity index (χ4n) is 8.23. The van der Waals surface area contributed by atoms with Crippen LogP contribution in [0.15, 0.2) is 70.6 Å². The molecule has 9 N–H and O–H groups in total. The van der Waals surface area contributed by atoms with Gasteiger partial charge in [0.2, 0.25) is 17.7 Å². The Morgan fingerprint density at radius 3 is 1.90 bits per heavy atom. The second kappa shape index (κ2) is 27.1. The van der Waals surface area contributed by atoms with Gasteiger partial charge in [0.15, 0.2) is 0 Å². The van der Waals surface area contributed by atoms with Gasteiger partial charge in [0, 0.05) is 31.5 Å². The first-order chi connectivity index (χ1) is 31.9. The topological polar surface area (TPSA) is 266 Å². The van der Waals surface area contributed by atoms with E-state index in [1.54, 1.807) is 65.1 Å². The number of ether oxygens (including phenoxy) is 1. The molecule has 4 rings (SSSR count). The Morgan fingerprint density at radius 1 is 0.761 bits per heavy atom. The quantitative estimate of drug-likeness (QED) is 0.0663. The number of urea groups is 1. The molecule has 2 aromatic carbocycles. The van der Waals surface area contributed by atoms with E-state index in [0.29, 0.717) is 31.4 Å². The number of hydrogen-bond acceptors (Lipinski definition) is 11. The second-order valence-corrected chi connectivity index (χ2v) is 18.9. The van der Waals surface area contributed by atoms with E-state index in [1.807, 2.05) is 36.4 Å². The molecular formula is C49H73N9O9. The Balaban J connectivity index is 1.56. The van der Waals surface area contributed by atoms with Crippen LogP contribution >= 0.6 is 0 Å². The zero-order valence-electron chi connectivity index (χ0n) is 39.7. The number of carboxylic acids is 1. The van der Waals surface area contributed by atoms with E-state index in [9.17, 15) is 39.0 Å². The maximum atomic E-state index is 14.5. The number of aliphatic hydroxyl groups is 1. The molecule has 0 bridgehead atoms. The van der Waals surface area contributed by atoms with Crippen molar-refractivity contribution in [2.45, 2.75) is 166 Å². The number of nitrogens with two attached hydrogens (primary N) is 1. The highest BCUT2D eigenvalue weighted by atomic mass is 16.6. The van der Waals surface area contributed by atoms with Gasteiger partial charge in [0.05, 0.1) is 24.7 Å². The minimum absolute atomic E-state index is 0.0243. The van der Waals surface area contributed by atoms with Gasteiger partial charge in [0.25, 0.3) is 0 Å². The van der Waals surface area contributed by atoms with Crippen LogP contribution in [0.3, 0.4) is 0 Å². The van der Waals surface area contributed by atoms with Gasteiger partial charge in [-0.15, -0.1) is 0 Å². The van der Waals surface area contributed by atoms with Gasteiger partial charge in [0.1, 0.15) is 36.1 Å². The van der Waals surface area contributed by atoms with Crippen LogP contribution in [0.5, 0.6) is 0 Å². The molecule has 1 saturated carbocycles. The van der Waals surface area contributed by atoms with Crippen LogP contribution in [0.4, 0.5) is 9.59 Å². The molecular weight excluding hydrogens is 859 g/mol. The Hall–Kier alpha value is -5.88. The molecule has 0 saturated heterocycles. The number of alkyl carbamates (subject to hydrolysis) is 1. The van der Waals surface area contributed by atoms with E-state index < -0.39 is 89.8 Å². The number of benzene rings is 2. The summed E-state index contributed by atoms with van der Waals surface area (Å²) in [5.41, 5.74) is 6.38. The van der Waals surface area contributed by atoms with Crippen molar-refractivity contribution in [2.24, 2.45) is 21.6 Å². The second-order valence-electron chi connectivity index (χ2n) is 18.9. The highest BCUT2D eigenvalue weighted by molar-refractivity contribution is 5.93. The molecule has 1 aliphatic heterocycles. The number of aliphatic carboxylic acids is 1. The summed E-state index contributed by atoms with van der Waals surface area (Å²) in [5, 5.41) is 36.1. The summed E-state index contributed by atoms with van der Waals surface area (Å²) < 4.78 is 5.48. The van der Waals surface area contributed by atoms with Crippen LogP contribution in [-0.4, -0.2) is 131 Å². The minimum Gasteiger partial charge on any atom is -0.480 e. The molecule has 368 valence electrons. The van der Waals surface area contributed by atoms with E-state index >= 15 is 0 Å². The van der Waals surface area contributed by atoms with Gasteiger partial charge < -0.3 is 52.2 Å². The summed E-state index contributed by atoms with van der Waals surface area (Å²) in [6, 6.07) is 10.8. The van der Waals surface area contributed by atoms with Crippen molar-refractivity contribution >= 4 is 48.4 Å². The maximum absolute atomic E-state index is 14.5. The predicted molar refractivity (Wildman–Crippen MR) is 257 cm³/mol. The third-order valence-electron chi connectivity index (χ3n) is 11.8. The average molecular weight is 932 g/mol. The van der Waals surface area contributed by atoms with E-state index in [2.05, 4.69) is 36.6 Å². The maximum Gasteiger partial charge on any atom is 0.408 e. The van der Waals surface area contributed by atoms with Crippen LogP contribution in [0.1, 0.15) is 110 Å². The van der Waals surface area contributed by atoms with Crippen LogP contribution in [0.25, 0.3) is 0 Å². The number of aliphatic imine (C=N–C) groups is 2. The third-order valence-corrected chi connectivity index (χ3v) is 11.8. The van der Waals surface area contributed by atoms with E-state index in [0.717, 1.165) is 37.7 Å². The molecule has 67 heavy (non-hydrogen) atoms. The fourth-order valence-corrected chi connectivity index (χ4v) is 8.23. The molecule has 18 nitrogen and oxygen atoms in total. The smallest absolute Gasteiger partial charge is 0.408 e. The molecule has 2 aromatic rings. The number of rotatable bonds is 25. The largest absolute Gasteiger partial charge is 0.480 e. The third kappa shape index (κ3) is 19.1. The molecule has 18 heteroatoms. The fraction of sp³-hybridized carbons (Fsp3) is 0.592. The number of carbonyl (C=O) groups excluding carboxylic acids is 5. The molecule has 6 amide bonds. The number of hydrogen-bond donors (Lipinski definition) is 8. The standard InChI is InChI=1S/C49H73N9O9/c1-32(2)58(47(65)56-37(23-15-16-24-50)43(60)55-41(46(63)64)27-35-21-13-8-14-22-35)30-42(59)38(25-33-17-9-6-10-18-33)53-45(62)40(28-36-29-51-31-52-36)54-44(61)39(26-34-19-11-7-12-20-34)57-48(66)67-49(3,4)5/h7-8,11-14,19-22,29,31-33,36-42,59H,6,9-10,15-18,23-28,30,50H2,1-5H3,(H,53,62)(H,54,61)(H,55,60)(H,56,65)(H,57,66)(H,63,64).